The molecule has 2 rings (SSSR count). The zero-order valence-electron chi connectivity index (χ0n) is 9.11. The Morgan fingerprint density at radius 1 is 1.56 bits per heavy atom. The van der Waals surface area contributed by atoms with E-state index in [1.54, 1.807) is 6.07 Å². The fourth-order valence-corrected chi connectivity index (χ4v) is 2.95. The molecule has 1 atom stereocenters. The standard InChI is InChI=1S/C12H13FN2S/c1-9-8-16-5-4-15(9)12-3-2-11(13)6-10(12)7-14/h2-3,6,9H,4-5,8H2,1H3. The van der Waals surface area contributed by atoms with Crippen molar-refractivity contribution in [3.8, 4) is 6.07 Å². The second kappa shape index (κ2) is 4.75. The Balaban J connectivity index is 2.35. The van der Waals surface area contributed by atoms with E-state index < -0.39 is 0 Å². The first-order valence-electron chi connectivity index (χ1n) is 5.26. The van der Waals surface area contributed by atoms with Gasteiger partial charge >= 0.3 is 0 Å². The van der Waals surface area contributed by atoms with E-state index in [-0.39, 0.29) is 5.82 Å². The molecular weight excluding hydrogens is 223 g/mol. The minimum Gasteiger partial charge on any atom is -0.366 e. The van der Waals surface area contributed by atoms with Crippen LogP contribution < -0.4 is 4.90 Å². The zero-order valence-corrected chi connectivity index (χ0v) is 9.93. The van der Waals surface area contributed by atoms with E-state index in [1.165, 1.54) is 12.1 Å². The highest BCUT2D eigenvalue weighted by Crippen LogP contribution is 2.27. The molecule has 16 heavy (non-hydrogen) atoms. The topological polar surface area (TPSA) is 27.0 Å². The predicted molar refractivity (Wildman–Crippen MR) is 65.2 cm³/mol. The van der Waals surface area contributed by atoms with Gasteiger partial charge in [0.25, 0.3) is 0 Å². The van der Waals surface area contributed by atoms with Crippen molar-refractivity contribution < 1.29 is 4.39 Å². The molecule has 1 aliphatic heterocycles. The fourth-order valence-electron chi connectivity index (χ4n) is 1.93. The highest BCUT2D eigenvalue weighted by atomic mass is 32.2. The van der Waals surface area contributed by atoms with E-state index in [1.807, 2.05) is 11.8 Å². The summed E-state index contributed by atoms with van der Waals surface area (Å²) >= 11 is 1.92. The van der Waals surface area contributed by atoms with Gasteiger partial charge in [-0.2, -0.15) is 17.0 Å². The van der Waals surface area contributed by atoms with Crippen LogP contribution in [0.1, 0.15) is 12.5 Å². The molecule has 2 nitrogen and oxygen atoms in total. The van der Waals surface area contributed by atoms with Crippen molar-refractivity contribution in [1.29, 1.82) is 5.26 Å². The van der Waals surface area contributed by atoms with Crippen LogP contribution in [0.5, 0.6) is 0 Å². The number of benzene rings is 1. The van der Waals surface area contributed by atoms with Crippen molar-refractivity contribution in [2.24, 2.45) is 0 Å². The molecule has 4 heteroatoms. The van der Waals surface area contributed by atoms with Crippen LogP contribution in [0.3, 0.4) is 0 Å². The lowest BCUT2D eigenvalue weighted by Crippen LogP contribution is -2.40. The maximum atomic E-state index is 13.0. The first-order valence-corrected chi connectivity index (χ1v) is 6.42. The quantitative estimate of drug-likeness (QED) is 0.750. The Labute approximate surface area is 99.1 Å². The number of halogens is 1. The normalized spacial score (nSPS) is 20.6. The van der Waals surface area contributed by atoms with Crippen LogP contribution in [0, 0.1) is 17.1 Å². The van der Waals surface area contributed by atoms with Crippen LogP contribution in [-0.4, -0.2) is 24.1 Å². The smallest absolute Gasteiger partial charge is 0.124 e. The van der Waals surface area contributed by atoms with Gasteiger partial charge in [-0.1, -0.05) is 0 Å². The molecule has 0 amide bonds. The average molecular weight is 236 g/mol. The van der Waals surface area contributed by atoms with Gasteiger partial charge in [-0.15, -0.1) is 0 Å². The van der Waals surface area contributed by atoms with Gasteiger partial charge in [0.1, 0.15) is 11.9 Å². The second-order valence-electron chi connectivity index (χ2n) is 3.89. The lowest BCUT2D eigenvalue weighted by atomic mass is 10.1. The number of nitriles is 1. The van der Waals surface area contributed by atoms with Crippen molar-refractivity contribution in [2.45, 2.75) is 13.0 Å². The number of hydrogen-bond acceptors (Lipinski definition) is 3. The summed E-state index contributed by atoms with van der Waals surface area (Å²) in [5.74, 6) is 1.77. The van der Waals surface area contributed by atoms with Crippen molar-refractivity contribution >= 4 is 17.4 Å². The Morgan fingerprint density at radius 3 is 3.06 bits per heavy atom. The number of anilines is 1. The maximum Gasteiger partial charge on any atom is 0.124 e. The third-order valence-electron chi connectivity index (χ3n) is 2.76. The fraction of sp³-hybridized carbons (Fsp3) is 0.417. The highest BCUT2D eigenvalue weighted by molar-refractivity contribution is 7.99. The summed E-state index contributed by atoms with van der Waals surface area (Å²) in [6, 6.07) is 6.90. The molecule has 1 aromatic rings. The number of hydrogen-bond donors (Lipinski definition) is 0. The number of rotatable bonds is 1. The molecule has 84 valence electrons. The van der Waals surface area contributed by atoms with Crippen LogP contribution in [0.15, 0.2) is 18.2 Å². The zero-order chi connectivity index (χ0) is 11.5. The Bertz CT molecular complexity index is 428. The monoisotopic (exact) mass is 236 g/mol. The molecule has 1 fully saturated rings. The third-order valence-corrected chi connectivity index (χ3v) is 3.95. The Hall–Kier alpha value is -1.21. The molecule has 0 radical (unpaired) electrons. The summed E-state index contributed by atoms with van der Waals surface area (Å²) in [5, 5.41) is 9.01. The number of thioether (sulfide) groups is 1. The molecule has 0 N–H and O–H groups in total. The molecule has 1 aliphatic rings. The first-order chi connectivity index (χ1) is 7.72. The van der Waals surface area contributed by atoms with Crippen LogP contribution in [0.25, 0.3) is 0 Å². The Kier molecular flexibility index (Phi) is 3.35. The van der Waals surface area contributed by atoms with Crippen LogP contribution in [0.4, 0.5) is 10.1 Å². The predicted octanol–water partition coefficient (Wildman–Crippen LogP) is 2.64. The lowest BCUT2D eigenvalue weighted by molar-refractivity contribution is 0.625. The Morgan fingerprint density at radius 2 is 2.38 bits per heavy atom. The summed E-state index contributed by atoms with van der Waals surface area (Å²) < 4.78 is 13.0. The van der Waals surface area contributed by atoms with E-state index in [4.69, 9.17) is 5.26 Å². The van der Waals surface area contributed by atoms with E-state index in [0.717, 1.165) is 23.7 Å². The molecule has 0 spiro atoms. The second-order valence-corrected chi connectivity index (χ2v) is 5.04. The molecule has 0 aromatic heterocycles. The molecule has 0 saturated carbocycles. The third kappa shape index (κ3) is 2.14. The SMILES string of the molecule is CC1CSCCN1c1ccc(F)cc1C#N. The van der Waals surface area contributed by atoms with Gasteiger partial charge in [-0.3, -0.25) is 0 Å². The van der Waals surface area contributed by atoms with Crippen LogP contribution in [-0.2, 0) is 0 Å². The number of nitrogens with zero attached hydrogens (tertiary/aromatic N) is 2. The summed E-state index contributed by atoms with van der Waals surface area (Å²) in [4.78, 5) is 2.19. The van der Waals surface area contributed by atoms with Gasteiger partial charge in [0.15, 0.2) is 0 Å². The van der Waals surface area contributed by atoms with Gasteiger partial charge in [-0.25, -0.2) is 4.39 Å². The van der Waals surface area contributed by atoms with Crippen LogP contribution in [0.2, 0.25) is 0 Å². The van der Waals surface area contributed by atoms with Crippen LogP contribution >= 0.6 is 11.8 Å². The highest BCUT2D eigenvalue weighted by Gasteiger charge is 2.21. The van der Waals surface area contributed by atoms with Gasteiger partial charge in [0, 0.05) is 24.1 Å². The lowest BCUT2D eigenvalue weighted by Gasteiger charge is -2.35. The van der Waals surface area contributed by atoms with E-state index in [9.17, 15) is 4.39 Å². The van der Waals surface area contributed by atoms with Crippen molar-refractivity contribution in [2.75, 3.05) is 23.0 Å². The minimum atomic E-state index is -0.348. The van der Waals surface area contributed by atoms with E-state index in [2.05, 4.69) is 17.9 Å². The molecule has 1 saturated heterocycles. The van der Waals surface area contributed by atoms with Gasteiger partial charge < -0.3 is 4.90 Å². The van der Waals surface area contributed by atoms with Gasteiger partial charge in [-0.05, 0) is 25.1 Å². The van der Waals surface area contributed by atoms with Crippen molar-refractivity contribution in [1.82, 2.24) is 0 Å². The average Bonchev–Trinajstić information content (AvgIpc) is 2.30. The van der Waals surface area contributed by atoms with E-state index in [0.29, 0.717) is 11.6 Å². The molecule has 1 aromatic carbocycles. The first kappa shape index (κ1) is 11.3. The molecule has 0 aliphatic carbocycles. The summed E-state index contributed by atoms with van der Waals surface area (Å²) in [6.45, 7) is 3.06. The molecule has 1 unspecified atom stereocenters. The molecule has 1 heterocycles. The van der Waals surface area contributed by atoms with Gasteiger partial charge in [0.05, 0.1) is 11.3 Å². The van der Waals surface area contributed by atoms with Crippen molar-refractivity contribution in [3.63, 3.8) is 0 Å². The van der Waals surface area contributed by atoms with E-state index >= 15 is 0 Å². The summed E-state index contributed by atoms with van der Waals surface area (Å²) in [6.07, 6.45) is 0. The molecule has 0 bridgehead atoms. The summed E-state index contributed by atoms with van der Waals surface area (Å²) in [7, 11) is 0. The summed E-state index contributed by atoms with van der Waals surface area (Å²) in [5.41, 5.74) is 1.29. The maximum absolute atomic E-state index is 13.0. The molecular formula is C12H13FN2S. The minimum absolute atomic E-state index is 0.348. The van der Waals surface area contributed by atoms with Gasteiger partial charge in [0.2, 0.25) is 0 Å². The van der Waals surface area contributed by atoms with Crippen molar-refractivity contribution in [3.05, 3.63) is 29.6 Å². The largest absolute Gasteiger partial charge is 0.366 e.